The summed E-state index contributed by atoms with van der Waals surface area (Å²) in [5.41, 5.74) is 1.19. The number of allylic oxidation sites excluding steroid dienone is 1. The predicted molar refractivity (Wildman–Crippen MR) is 92.6 cm³/mol. The van der Waals surface area contributed by atoms with Gasteiger partial charge in [-0.1, -0.05) is 12.1 Å². The van der Waals surface area contributed by atoms with Gasteiger partial charge in [0.05, 0.1) is 20.3 Å². The molecule has 1 heterocycles. The second-order valence-electron chi connectivity index (χ2n) is 6.35. The third-order valence-corrected chi connectivity index (χ3v) is 4.16. The number of methoxy groups -OCH3 is 1. The fourth-order valence-electron chi connectivity index (χ4n) is 3.22. The maximum Gasteiger partial charge on any atom is 0.161 e. The zero-order valence-electron chi connectivity index (χ0n) is 14.6. The molecule has 0 aromatic heterocycles. The second-order valence-corrected chi connectivity index (χ2v) is 6.35. The summed E-state index contributed by atoms with van der Waals surface area (Å²) in [7, 11) is 1.68. The molecule has 1 aliphatic rings. The van der Waals surface area contributed by atoms with Crippen LogP contribution >= 0.6 is 0 Å². The average Bonchev–Trinajstić information content (AvgIpc) is 2.52. The summed E-state index contributed by atoms with van der Waals surface area (Å²) < 4.78 is 17.1. The first-order chi connectivity index (χ1) is 11.1. The van der Waals surface area contributed by atoms with Crippen LogP contribution in [0.2, 0.25) is 0 Å². The molecule has 0 radical (unpaired) electrons. The van der Waals surface area contributed by atoms with Crippen LogP contribution in [0, 0.1) is 0 Å². The predicted octanol–water partition coefficient (Wildman–Crippen LogP) is 1.88. The van der Waals surface area contributed by atoms with Crippen LogP contribution in [0.25, 0.3) is 0 Å². The fourth-order valence-corrected chi connectivity index (χ4v) is 3.22. The van der Waals surface area contributed by atoms with Gasteiger partial charge >= 0.3 is 0 Å². The number of hydrogen-bond donors (Lipinski definition) is 1. The molecule has 1 N–H and O–H groups in total. The Kier molecular flexibility index (Phi) is 6.93. The highest BCUT2D eigenvalue weighted by Gasteiger charge is 2.24. The molecule has 2 atom stereocenters. The summed E-state index contributed by atoms with van der Waals surface area (Å²) in [6, 6.07) is 6.08. The molecule has 0 aliphatic carbocycles. The van der Waals surface area contributed by atoms with Crippen LogP contribution in [-0.4, -0.2) is 45.6 Å². The van der Waals surface area contributed by atoms with Gasteiger partial charge in [0.25, 0.3) is 0 Å². The monoisotopic (exact) mass is 320 g/mol. The Morgan fingerprint density at radius 1 is 1.26 bits per heavy atom. The first-order valence-electron chi connectivity index (χ1n) is 8.52. The number of morpholine rings is 1. The van der Waals surface area contributed by atoms with Crippen molar-refractivity contribution >= 4 is 0 Å². The number of rotatable bonds is 8. The number of benzene rings is 1. The van der Waals surface area contributed by atoms with Crippen molar-refractivity contribution in [2.75, 3.05) is 33.4 Å². The molecule has 4 heteroatoms. The van der Waals surface area contributed by atoms with Gasteiger partial charge in [-0.3, -0.25) is 0 Å². The lowest BCUT2D eigenvalue weighted by Crippen LogP contribution is -3.15. The lowest BCUT2D eigenvalue weighted by molar-refractivity contribution is -0.915. The molecule has 0 amide bonds. The average molecular weight is 320 g/mol. The zero-order valence-corrected chi connectivity index (χ0v) is 14.6. The summed E-state index contributed by atoms with van der Waals surface area (Å²) >= 11 is 0. The van der Waals surface area contributed by atoms with Gasteiger partial charge in [0.15, 0.2) is 11.5 Å². The molecular formula is C19H30NO3+. The topological polar surface area (TPSA) is 32.1 Å². The van der Waals surface area contributed by atoms with Gasteiger partial charge in [-0.2, -0.15) is 0 Å². The third kappa shape index (κ3) is 5.56. The number of hydrogen-bond acceptors (Lipinski definition) is 3. The van der Waals surface area contributed by atoms with E-state index in [1.807, 2.05) is 18.2 Å². The van der Waals surface area contributed by atoms with Crippen molar-refractivity contribution in [3.63, 3.8) is 0 Å². The molecule has 2 rings (SSSR count). The molecule has 23 heavy (non-hydrogen) atoms. The Balaban J connectivity index is 1.78. The molecule has 1 aromatic rings. The van der Waals surface area contributed by atoms with Crippen molar-refractivity contribution in [2.24, 2.45) is 0 Å². The van der Waals surface area contributed by atoms with E-state index in [9.17, 15) is 0 Å². The minimum atomic E-state index is 0.354. The van der Waals surface area contributed by atoms with Crippen molar-refractivity contribution in [1.82, 2.24) is 0 Å². The molecule has 1 saturated heterocycles. The molecule has 1 aromatic carbocycles. The second kappa shape index (κ2) is 8.94. The van der Waals surface area contributed by atoms with E-state index in [-0.39, 0.29) is 0 Å². The van der Waals surface area contributed by atoms with Crippen molar-refractivity contribution < 1.29 is 19.1 Å². The first kappa shape index (κ1) is 17.8. The van der Waals surface area contributed by atoms with E-state index >= 15 is 0 Å². The Morgan fingerprint density at radius 2 is 2.00 bits per heavy atom. The highest BCUT2D eigenvalue weighted by Crippen LogP contribution is 2.28. The van der Waals surface area contributed by atoms with E-state index in [4.69, 9.17) is 14.2 Å². The molecule has 1 aliphatic heterocycles. The minimum absolute atomic E-state index is 0.354. The SMILES string of the molecule is C=CCc1ccc(OCCC[NH+]2C[C@@H](C)O[C@H](C)C2)c(OC)c1. The molecule has 1 fully saturated rings. The number of nitrogens with one attached hydrogen (secondary N) is 1. The highest BCUT2D eigenvalue weighted by molar-refractivity contribution is 5.43. The van der Waals surface area contributed by atoms with Crippen molar-refractivity contribution in [3.05, 3.63) is 36.4 Å². The van der Waals surface area contributed by atoms with Crippen LogP contribution in [0.4, 0.5) is 0 Å². The van der Waals surface area contributed by atoms with Crippen LogP contribution in [0.15, 0.2) is 30.9 Å². The van der Waals surface area contributed by atoms with Crippen molar-refractivity contribution in [3.8, 4) is 11.5 Å². The van der Waals surface area contributed by atoms with Gasteiger partial charge < -0.3 is 19.1 Å². The van der Waals surface area contributed by atoms with Crippen LogP contribution in [0.5, 0.6) is 11.5 Å². The van der Waals surface area contributed by atoms with E-state index < -0.39 is 0 Å². The molecule has 0 bridgehead atoms. The molecular weight excluding hydrogens is 290 g/mol. The van der Waals surface area contributed by atoms with E-state index in [0.29, 0.717) is 18.8 Å². The third-order valence-electron chi connectivity index (χ3n) is 4.16. The van der Waals surface area contributed by atoms with E-state index in [0.717, 1.165) is 44.0 Å². The molecule has 128 valence electrons. The van der Waals surface area contributed by atoms with Gasteiger partial charge in [0, 0.05) is 6.42 Å². The summed E-state index contributed by atoms with van der Waals surface area (Å²) in [5, 5.41) is 0. The summed E-state index contributed by atoms with van der Waals surface area (Å²) in [6.07, 6.45) is 4.47. The lowest BCUT2D eigenvalue weighted by Gasteiger charge is -2.32. The Labute approximate surface area is 140 Å². The minimum Gasteiger partial charge on any atom is -0.493 e. The van der Waals surface area contributed by atoms with Crippen molar-refractivity contribution in [2.45, 2.75) is 38.9 Å². The normalized spacial score (nSPS) is 24.2. The Hall–Kier alpha value is -1.52. The molecule has 4 nitrogen and oxygen atoms in total. The maximum atomic E-state index is 5.91. The Bertz CT molecular complexity index is 493. The maximum absolute atomic E-state index is 5.91. The van der Waals surface area contributed by atoms with E-state index in [2.05, 4.69) is 26.5 Å². The smallest absolute Gasteiger partial charge is 0.161 e. The van der Waals surface area contributed by atoms with E-state index in [1.165, 1.54) is 5.56 Å². The van der Waals surface area contributed by atoms with Gasteiger partial charge in [-0.15, -0.1) is 6.58 Å². The number of quaternary nitrogens is 1. The first-order valence-corrected chi connectivity index (χ1v) is 8.52. The van der Waals surface area contributed by atoms with Crippen molar-refractivity contribution in [1.29, 1.82) is 0 Å². The van der Waals surface area contributed by atoms with Gasteiger partial charge in [0.2, 0.25) is 0 Å². The highest BCUT2D eigenvalue weighted by atomic mass is 16.5. The molecule has 0 unspecified atom stereocenters. The standard InChI is InChI=1S/C19H29NO3/c1-5-7-17-8-9-18(19(12-17)21-4)22-11-6-10-20-13-15(2)23-16(3)14-20/h5,8-9,12,15-16H,1,6-7,10-11,13-14H2,2-4H3/p+1/t15-,16-/m1/s1. The van der Waals surface area contributed by atoms with Gasteiger partial charge in [-0.25, -0.2) is 0 Å². The van der Waals surface area contributed by atoms with Crippen LogP contribution in [0.3, 0.4) is 0 Å². The molecule has 0 saturated carbocycles. The molecule has 0 spiro atoms. The quantitative estimate of drug-likeness (QED) is 0.586. The zero-order chi connectivity index (χ0) is 16.7. The largest absolute Gasteiger partial charge is 0.493 e. The Morgan fingerprint density at radius 3 is 2.65 bits per heavy atom. The lowest BCUT2D eigenvalue weighted by atomic mass is 10.1. The summed E-state index contributed by atoms with van der Waals surface area (Å²) in [4.78, 5) is 1.60. The number of ether oxygens (including phenoxy) is 3. The van der Waals surface area contributed by atoms with Crippen LogP contribution < -0.4 is 14.4 Å². The van der Waals surface area contributed by atoms with Crippen LogP contribution in [-0.2, 0) is 11.2 Å². The summed E-state index contributed by atoms with van der Waals surface area (Å²) in [6.45, 7) is 12.1. The summed E-state index contributed by atoms with van der Waals surface area (Å²) in [5.74, 6) is 1.62. The van der Waals surface area contributed by atoms with E-state index in [1.54, 1.807) is 12.0 Å². The van der Waals surface area contributed by atoms with Gasteiger partial charge in [0.1, 0.15) is 25.3 Å². The fraction of sp³-hybridized carbons (Fsp3) is 0.579. The van der Waals surface area contributed by atoms with Gasteiger partial charge in [-0.05, 0) is 38.0 Å². The van der Waals surface area contributed by atoms with Crippen LogP contribution in [0.1, 0.15) is 25.8 Å².